The molecule has 1 amide bonds. The quantitative estimate of drug-likeness (QED) is 0.859. The number of anilines is 1. The normalized spacial score (nSPS) is 11.4. The van der Waals surface area contributed by atoms with Gasteiger partial charge in [0.25, 0.3) is 0 Å². The van der Waals surface area contributed by atoms with E-state index < -0.39 is 0 Å². The van der Waals surface area contributed by atoms with E-state index in [9.17, 15) is 4.79 Å². The summed E-state index contributed by atoms with van der Waals surface area (Å²) < 4.78 is 1.10. The third-order valence-electron chi connectivity index (χ3n) is 2.41. The standard InChI is InChI=1S/C14H20BrNO/c1-9-6-11(7-10(2)13(9)15)16-12(17)8-14(3,4)5/h6-7H,8H2,1-5H3,(H,16,17). The van der Waals surface area contributed by atoms with Crippen molar-refractivity contribution in [2.45, 2.75) is 41.0 Å². The molecule has 0 saturated carbocycles. The van der Waals surface area contributed by atoms with Crippen molar-refractivity contribution in [1.29, 1.82) is 0 Å². The van der Waals surface area contributed by atoms with Gasteiger partial charge in [-0.3, -0.25) is 4.79 Å². The molecule has 0 aliphatic rings. The van der Waals surface area contributed by atoms with Crippen molar-refractivity contribution in [1.82, 2.24) is 0 Å². The van der Waals surface area contributed by atoms with Crippen LogP contribution in [0.3, 0.4) is 0 Å². The first-order valence-corrected chi connectivity index (χ1v) is 6.55. The van der Waals surface area contributed by atoms with Crippen LogP contribution in [0.2, 0.25) is 0 Å². The molecule has 0 bridgehead atoms. The van der Waals surface area contributed by atoms with Gasteiger partial charge in [-0.15, -0.1) is 0 Å². The maximum Gasteiger partial charge on any atom is 0.224 e. The highest BCUT2D eigenvalue weighted by Gasteiger charge is 2.16. The highest BCUT2D eigenvalue weighted by atomic mass is 79.9. The number of halogens is 1. The van der Waals surface area contributed by atoms with Crippen molar-refractivity contribution in [2.75, 3.05) is 5.32 Å². The van der Waals surface area contributed by atoms with E-state index in [0.29, 0.717) is 6.42 Å². The lowest BCUT2D eigenvalue weighted by molar-refractivity contribution is -0.117. The zero-order valence-corrected chi connectivity index (χ0v) is 12.7. The van der Waals surface area contributed by atoms with E-state index in [1.807, 2.05) is 26.0 Å². The Hall–Kier alpha value is -0.830. The topological polar surface area (TPSA) is 29.1 Å². The maximum absolute atomic E-state index is 11.8. The van der Waals surface area contributed by atoms with Gasteiger partial charge in [-0.2, -0.15) is 0 Å². The van der Waals surface area contributed by atoms with E-state index in [4.69, 9.17) is 0 Å². The second kappa shape index (κ2) is 5.21. The van der Waals surface area contributed by atoms with Gasteiger partial charge in [-0.25, -0.2) is 0 Å². The van der Waals surface area contributed by atoms with Crippen LogP contribution in [0.25, 0.3) is 0 Å². The zero-order valence-electron chi connectivity index (χ0n) is 11.1. The highest BCUT2D eigenvalue weighted by molar-refractivity contribution is 9.10. The molecular weight excluding hydrogens is 278 g/mol. The number of aryl methyl sites for hydroxylation is 2. The summed E-state index contributed by atoms with van der Waals surface area (Å²) in [5, 5.41) is 2.95. The Morgan fingerprint density at radius 2 is 1.71 bits per heavy atom. The van der Waals surface area contributed by atoms with Gasteiger partial charge in [0.1, 0.15) is 0 Å². The van der Waals surface area contributed by atoms with Crippen LogP contribution in [0, 0.1) is 19.3 Å². The lowest BCUT2D eigenvalue weighted by Gasteiger charge is -2.17. The number of carbonyl (C=O) groups is 1. The fourth-order valence-electron chi connectivity index (χ4n) is 1.70. The average molecular weight is 298 g/mol. The van der Waals surface area contributed by atoms with E-state index >= 15 is 0 Å². The number of benzene rings is 1. The molecule has 0 aliphatic heterocycles. The predicted octanol–water partition coefficient (Wildman–Crippen LogP) is 4.44. The third kappa shape index (κ3) is 4.50. The van der Waals surface area contributed by atoms with Gasteiger partial charge in [0.2, 0.25) is 5.91 Å². The first kappa shape index (κ1) is 14.2. The summed E-state index contributed by atoms with van der Waals surface area (Å²) in [7, 11) is 0. The molecule has 0 heterocycles. The van der Waals surface area contributed by atoms with E-state index in [1.165, 1.54) is 0 Å². The number of carbonyl (C=O) groups excluding carboxylic acids is 1. The zero-order chi connectivity index (χ0) is 13.2. The molecule has 0 radical (unpaired) electrons. The Bertz CT molecular complexity index is 409. The van der Waals surface area contributed by atoms with Gasteiger partial charge in [0, 0.05) is 16.6 Å². The van der Waals surface area contributed by atoms with Gasteiger partial charge < -0.3 is 5.32 Å². The fourth-order valence-corrected chi connectivity index (χ4v) is 1.93. The van der Waals surface area contributed by atoms with Crippen LogP contribution in [0.4, 0.5) is 5.69 Å². The molecule has 94 valence electrons. The molecule has 0 aromatic heterocycles. The molecule has 1 rings (SSSR count). The van der Waals surface area contributed by atoms with Crippen LogP contribution < -0.4 is 5.32 Å². The molecule has 0 atom stereocenters. The Labute approximate surface area is 112 Å². The van der Waals surface area contributed by atoms with E-state index in [-0.39, 0.29) is 11.3 Å². The minimum Gasteiger partial charge on any atom is -0.326 e. The van der Waals surface area contributed by atoms with Gasteiger partial charge >= 0.3 is 0 Å². The second-order valence-corrected chi connectivity index (χ2v) is 6.50. The van der Waals surface area contributed by atoms with Crippen molar-refractivity contribution in [3.63, 3.8) is 0 Å². The highest BCUT2D eigenvalue weighted by Crippen LogP contribution is 2.26. The molecule has 0 saturated heterocycles. The van der Waals surface area contributed by atoms with Crippen LogP contribution in [-0.4, -0.2) is 5.91 Å². The summed E-state index contributed by atoms with van der Waals surface area (Å²) >= 11 is 3.52. The minimum atomic E-state index is 0.0174. The molecule has 0 unspecified atom stereocenters. The van der Waals surface area contributed by atoms with Crippen LogP contribution in [0.5, 0.6) is 0 Å². The Kier molecular flexibility index (Phi) is 4.36. The molecule has 1 N–H and O–H groups in total. The number of hydrogen-bond acceptors (Lipinski definition) is 1. The number of rotatable bonds is 2. The molecule has 17 heavy (non-hydrogen) atoms. The minimum absolute atomic E-state index is 0.0174. The van der Waals surface area contributed by atoms with Gasteiger partial charge in [-0.1, -0.05) is 36.7 Å². The number of hydrogen-bond donors (Lipinski definition) is 1. The monoisotopic (exact) mass is 297 g/mol. The molecule has 0 spiro atoms. The SMILES string of the molecule is Cc1cc(NC(=O)CC(C)(C)C)cc(C)c1Br. The van der Waals surface area contributed by atoms with Crippen molar-refractivity contribution in [3.05, 3.63) is 27.7 Å². The van der Waals surface area contributed by atoms with Crippen LogP contribution >= 0.6 is 15.9 Å². The van der Waals surface area contributed by atoms with E-state index in [1.54, 1.807) is 0 Å². The van der Waals surface area contributed by atoms with E-state index in [2.05, 4.69) is 42.0 Å². The van der Waals surface area contributed by atoms with Gasteiger partial charge in [0.05, 0.1) is 0 Å². The molecule has 2 nitrogen and oxygen atoms in total. The Morgan fingerprint density at radius 1 is 1.24 bits per heavy atom. The van der Waals surface area contributed by atoms with E-state index in [0.717, 1.165) is 21.3 Å². The average Bonchev–Trinajstić information content (AvgIpc) is 2.10. The lowest BCUT2D eigenvalue weighted by atomic mass is 9.92. The van der Waals surface area contributed by atoms with Crippen molar-refractivity contribution < 1.29 is 4.79 Å². The van der Waals surface area contributed by atoms with Gasteiger partial charge in [-0.05, 0) is 42.5 Å². The maximum atomic E-state index is 11.8. The summed E-state index contributed by atoms with van der Waals surface area (Å²) in [4.78, 5) is 11.8. The van der Waals surface area contributed by atoms with Crippen molar-refractivity contribution >= 4 is 27.5 Å². The first-order chi connectivity index (χ1) is 7.69. The smallest absolute Gasteiger partial charge is 0.224 e. The fraction of sp³-hybridized carbons (Fsp3) is 0.500. The summed E-state index contributed by atoms with van der Waals surface area (Å²) in [5.41, 5.74) is 3.16. The molecule has 3 heteroatoms. The largest absolute Gasteiger partial charge is 0.326 e. The van der Waals surface area contributed by atoms with Crippen LogP contribution in [0.1, 0.15) is 38.3 Å². The van der Waals surface area contributed by atoms with Crippen LogP contribution in [-0.2, 0) is 4.79 Å². The summed E-state index contributed by atoms with van der Waals surface area (Å²) in [6.45, 7) is 10.2. The molecular formula is C14H20BrNO. The lowest BCUT2D eigenvalue weighted by Crippen LogP contribution is -2.19. The summed E-state index contributed by atoms with van der Waals surface area (Å²) in [6, 6.07) is 3.97. The second-order valence-electron chi connectivity index (χ2n) is 5.71. The first-order valence-electron chi connectivity index (χ1n) is 5.75. The predicted molar refractivity (Wildman–Crippen MR) is 76.3 cm³/mol. The van der Waals surface area contributed by atoms with Crippen LogP contribution in [0.15, 0.2) is 16.6 Å². The molecule has 0 fully saturated rings. The molecule has 1 aromatic rings. The van der Waals surface area contributed by atoms with Crippen molar-refractivity contribution in [3.8, 4) is 0 Å². The molecule has 1 aromatic carbocycles. The third-order valence-corrected chi connectivity index (χ3v) is 3.66. The van der Waals surface area contributed by atoms with Crippen molar-refractivity contribution in [2.24, 2.45) is 5.41 Å². The van der Waals surface area contributed by atoms with Gasteiger partial charge in [0.15, 0.2) is 0 Å². The Morgan fingerprint density at radius 3 is 2.12 bits per heavy atom. The molecule has 0 aliphatic carbocycles. The summed E-state index contributed by atoms with van der Waals surface area (Å²) in [5.74, 6) is 0.0682. The summed E-state index contributed by atoms with van der Waals surface area (Å²) in [6.07, 6.45) is 0.529. The number of nitrogens with one attached hydrogen (secondary N) is 1. The Balaban J connectivity index is 2.79. The number of amides is 1.